The minimum Gasteiger partial charge on any atom is -0.379 e. The van der Waals surface area contributed by atoms with Gasteiger partial charge in [0.25, 0.3) is 11.9 Å². The average Bonchev–Trinajstić information content (AvgIpc) is 2.30. The summed E-state index contributed by atoms with van der Waals surface area (Å²) in [6, 6.07) is -0.0724. The van der Waals surface area contributed by atoms with Gasteiger partial charge in [0.1, 0.15) is 5.69 Å². The number of halogens is 4. The molecule has 0 radical (unpaired) electrons. The van der Waals surface area contributed by atoms with E-state index < -0.39 is 29.2 Å². The van der Waals surface area contributed by atoms with Gasteiger partial charge in [-0.25, -0.2) is 0 Å². The molecule has 1 aromatic heterocycles. The maximum absolute atomic E-state index is 13.2. The van der Waals surface area contributed by atoms with E-state index in [4.69, 9.17) is 0 Å². The van der Waals surface area contributed by atoms with Gasteiger partial charge in [0.15, 0.2) is 0 Å². The van der Waals surface area contributed by atoms with Gasteiger partial charge in [-0.15, -0.1) is 0 Å². The predicted molar refractivity (Wildman–Crippen MR) is 60.5 cm³/mol. The van der Waals surface area contributed by atoms with Crippen LogP contribution in [-0.2, 0) is 4.79 Å². The van der Waals surface area contributed by atoms with E-state index in [-0.39, 0.29) is 24.9 Å². The van der Waals surface area contributed by atoms with Crippen molar-refractivity contribution < 1.29 is 22.4 Å². The molecule has 0 saturated carbocycles. The van der Waals surface area contributed by atoms with Crippen molar-refractivity contribution in [2.24, 2.45) is 0 Å². The van der Waals surface area contributed by atoms with Crippen molar-refractivity contribution in [1.82, 2.24) is 10.3 Å². The summed E-state index contributed by atoms with van der Waals surface area (Å²) >= 11 is 0. The Hall–Kier alpha value is -1.86. The lowest BCUT2D eigenvalue weighted by atomic mass is 10.3. The van der Waals surface area contributed by atoms with Crippen molar-refractivity contribution in [1.29, 1.82) is 0 Å². The lowest BCUT2D eigenvalue weighted by Gasteiger charge is -2.11. The third kappa shape index (κ3) is 4.08. The number of anilines is 1. The Kier molecular flexibility index (Phi) is 5.08. The second kappa shape index (κ2) is 6.35. The lowest BCUT2D eigenvalue weighted by Crippen LogP contribution is -2.31. The zero-order valence-corrected chi connectivity index (χ0v) is 10.4. The largest absolute Gasteiger partial charge is 0.379 e. The fourth-order valence-electron chi connectivity index (χ4n) is 1.34. The fraction of sp³-hybridized carbons (Fsp3) is 0.455. The summed E-state index contributed by atoms with van der Waals surface area (Å²) in [6.45, 7) is 3.33. The first-order valence-corrected chi connectivity index (χ1v) is 5.56. The Morgan fingerprint density at radius 3 is 2.16 bits per heavy atom. The quantitative estimate of drug-likeness (QED) is 0.640. The smallest absolute Gasteiger partial charge is 0.253 e. The second-order valence-corrected chi connectivity index (χ2v) is 4.10. The van der Waals surface area contributed by atoms with Crippen LogP contribution < -0.4 is 10.6 Å². The summed E-state index contributed by atoms with van der Waals surface area (Å²) in [5, 5.41) is 4.69. The molecule has 0 spiro atoms. The average molecular weight is 279 g/mol. The van der Waals surface area contributed by atoms with Gasteiger partial charge in [0.05, 0.1) is 0 Å². The molecule has 1 rings (SSSR count). The summed E-state index contributed by atoms with van der Waals surface area (Å²) in [7, 11) is 0. The molecule has 0 saturated heterocycles. The van der Waals surface area contributed by atoms with E-state index in [9.17, 15) is 22.4 Å². The summed E-state index contributed by atoms with van der Waals surface area (Å²) in [4.78, 5) is 13.7. The van der Waals surface area contributed by atoms with Gasteiger partial charge in [-0.3, -0.25) is 4.79 Å². The van der Waals surface area contributed by atoms with Crippen LogP contribution in [-0.4, -0.2) is 23.5 Å². The number of amides is 1. The molecule has 1 heterocycles. The van der Waals surface area contributed by atoms with Crippen molar-refractivity contribution in [2.75, 3.05) is 11.9 Å². The van der Waals surface area contributed by atoms with E-state index in [0.29, 0.717) is 0 Å². The second-order valence-electron chi connectivity index (χ2n) is 4.10. The van der Waals surface area contributed by atoms with Crippen LogP contribution in [0.3, 0.4) is 0 Å². The van der Waals surface area contributed by atoms with Crippen LogP contribution in [0.1, 0.15) is 20.3 Å². The first-order chi connectivity index (χ1) is 8.82. The van der Waals surface area contributed by atoms with E-state index in [0.717, 1.165) is 0 Å². The third-order valence-corrected chi connectivity index (χ3v) is 2.10. The number of carbonyl (C=O) groups is 1. The number of carbonyl (C=O) groups excluding carboxylic acids is 1. The van der Waals surface area contributed by atoms with Crippen molar-refractivity contribution in [2.45, 2.75) is 26.3 Å². The summed E-state index contributed by atoms with van der Waals surface area (Å²) in [6.07, 6.45) is -0.0946. The van der Waals surface area contributed by atoms with Gasteiger partial charge in [-0.05, 0) is 13.8 Å². The molecule has 0 aromatic carbocycles. The van der Waals surface area contributed by atoms with Crippen molar-refractivity contribution in [3.63, 3.8) is 0 Å². The SMILES string of the molecule is CC(C)NC(=O)CCNc1c(F)c(F)nc(F)c1F. The Balaban J connectivity index is 2.66. The topological polar surface area (TPSA) is 54.0 Å². The third-order valence-electron chi connectivity index (χ3n) is 2.10. The standard InChI is InChI=1S/C11H13F4N3O/c1-5(2)17-6(19)3-4-16-9-7(12)10(14)18-11(15)8(9)13/h5H,3-4H2,1-2H3,(H,16,18)(H,17,19). The number of nitrogens with one attached hydrogen (secondary N) is 2. The van der Waals surface area contributed by atoms with Crippen LogP contribution in [0.4, 0.5) is 23.2 Å². The monoisotopic (exact) mass is 279 g/mol. The van der Waals surface area contributed by atoms with Gasteiger partial charge in [0.2, 0.25) is 17.5 Å². The van der Waals surface area contributed by atoms with Crippen LogP contribution in [0.25, 0.3) is 0 Å². The minimum atomic E-state index is -1.74. The van der Waals surface area contributed by atoms with Crippen LogP contribution in [0.5, 0.6) is 0 Å². The first-order valence-electron chi connectivity index (χ1n) is 5.56. The predicted octanol–water partition coefficient (Wildman–Crippen LogP) is 1.96. The number of hydrogen-bond donors (Lipinski definition) is 2. The first kappa shape index (κ1) is 15.2. The summed E-state index contributed by atoms with van der Waals surface area (Å²) in [5.41, 5.74) is -0.970. The maximum atomic E-state index is 13.2. The molecule has 8 heteroatoms. The molecule has 0 aliphatic rings. The van der Waals surface area contributed by atoms with Gasteiger partial charge >= 0.3 is 0 Å². The van der Waals surface area contributed by atoms with Gasteiger partial charge in [0, 0.05) is 19.0 Å². The molecule has 1 amide bonds. The van der Waals surface area contributed by atoms with E-state index in [1.54, 1.807) is 13.8 Å². The van der Waals surface area contributed by atoms with E-state index in [1.807, 2.05) is 0 Å². The van der Waals surface area contributed by atoms with Crippen LogP contribution in [0.15, 0.2) is 0 Å². The number of pyridine rings is 1. The molecule has 0 atom stereocenters. The molecule has 0 aliphatic heterocycles. The van der Waals surface area contributed by atoms with E-state index in [2.05, 4.69) is 15.6 Å². The maximum Gasteiger partial charge on any atom is 0.253 e. The zero-order valence-electron chi connectivity index (χ0n) is 10.4. The number of aromatic nitrogens is 1. The van der Waals surface area contributed by atoms with Gasteiger partial charge < -0.3 is 10.6 Å². The van der Waals surface area contributed by atoms with Crippen LogP contribution in [0, 0.1) is 23.5 Å². The highest BCUT2D eigenvalue weighted by Gasteiger charge is 2.20. The Morgan fingerprint density at radius 2 is 1.68 bits per heavy atom. The van der Waals surface area contributed by atoms with Crippen molar-refractivity contribution >= 4 is 11.6 Å². The molecule has 0 unspecified atom stereocenters. The Labute approximate surface area is 107 Å². The number of rotatable bonds is 5. The summed E-state index contributed by atoms with van der Waals surface area (Å²) < 4.78 is 51.9. The van der Waals surface area contributed by atoms with Gasteiger partial charge in [-0.1, -0.05) is 0 Å². The number of nitrogens with zero attached hydrogens (tertiary/aromatic N) is 1. The molecule has 106 valence electrons. The van der Waals surface area contributed by atoms with Crippen LogP contribution >= 0.6 is 0 Å². The van der Waals surface area contributed by atoms with Crippen LogP contribution in [0.2, 0.25) is 0 Å². The molecule has 0 fully saturated rings. The van der Waals surface area contributed by atoms with E-state index in [1.165, 1.54) is 0 Å². The fourth-order valence-corrected chi connectivity index (χ4v) is 1.34. The molecular formula is C11H13F4N3O. The lowest BCUT2D eigenvalue weighted by molar-refractivity contribution is -0.121. The molecule has 1 aromatic rings. The molecule has 19 heavy (non-hydrogen) atoms. The summed E-state index contributed by atoms with van der Waals surface area (Å²) in [5.74, 6) is -7.08. The molecule has 4 nitrogen and oxygen atoms in total. The molecule has 0 bridgehead atoms. The number of hydrogen-bond acceptors (Lipinski definition) is 3. The highest BCUT2D eigenvalue weighted by atomic mass is 19.2. The van der Waals surface area contributed by atoms with Crippen molar-refractivity contribution in [3.8, 4) is 0 Å². The highest BCUT2D eigenvalue weighted by Crippen LogP contribution is 2.21. The van der Waals surface area contributed by atoms with Crippen molar-refractivity contribution in [3.05, 3.63) is 23.5 Å². The van der Waals surface area contributed by atoms with E-state index >= 15 is 0 Å². The Bertz CT molecular complexity index is 453. The Morgan fingerprint density at radius 1 is 1.16 bits per heavy atom. The molecule has 2 N–H and O–H groups in total. The zero-order chi connectivity index (χ0) is 14.6. The highest BCUT2D eigenvalue weighted by molar-refractivity contribution is 5.76. The molecular weight excluding hydrogens is 266 g/mol. The molecule has 0 aliphatic carbocycles. The minimum absolute atomic E-state index is 0.0724. The normalized spacial score (nSPS) is 10.7. The van der Waals surface area contributed by atoms with Gasteiger partial charge in [-0.2, -0.15) is 22.5 Å².